The van der Waals surface area contributed by atoms with Crippen LogP contribution in [0.2, 0.25) is 0 Å². The van der Waals surface area contributed by atoms with E-state index in [1.807, 2.05) is 22.6 Å². The first kappa shape index (κ1) is 11.1. The van der Waals surface area contributed by atoms with E-state index in [1.54, 1.807) is 12.1 Å². The minimum atomic E-state index is -0.439. The molecule has 5 nitrogen and oxygen atoms in total. The summed E-state index contributed by atoms with van der Waals surface area (Å²) in [5.41, 5.74) is 0.135. The van der Waals surface area contributed by atoms with Crippen molar-refractivity contribution < 1.29 is 9.53 Å². The second-order valence-corrected chi connectivity index (χ2v) is 4.37. The molecule has 82 valence electrons. The highest BCUT2D eigenvalue weighted by Gasteiger charge is 2.09. The summed E-state index contributed by atoms with van der Waals surface area (Å²) in [5, 5.41) is 0.408. The third-order valence-electron chi connectivity index (χ3n) is 1.93. The zero-order chi connectivity index (χ0) is 11.7. The molecule has 0 amide bonds. The third kappa shape index (κ3) is 2.06. The highest BCUT2D eigenvalue weighted by atomic mass is 127. The zero-order valence-electron chi connectivity index (χ0n) is 8.28. The average Bonchev–Trinajstić information content (AvgIpc) is 2.18. The van der Waals surface area contributed by atoms with Gasteiger partial charge in [-0.25, -0.2) is 4.98 Å². The minimum Gasteiger partial charge on any atom is -0.424 e. The van der Waals surface area contributed by atoms with Gasteiger partial charge in [-0.15, -0.1) is 0 Å². The number of rotatable bonds is 1. The third-order valence-corrected chi connectivity index (χ3v) is 2.55. The molecule has 1 N–H and O–H groups in total. The first-order chi connectivity index (χ1) is 7.58. The summed E-state index contributed by atoms with van der Waals surface area (Å²) < 4.78 is 5.81. The van der Waals surface area contributed by atoms with Crippen molar-refractivity contribution in [2.24, 2.45) is 0 Å². The van der Waals surface area contributed by atoms with Crippen molar-refractivity contribution in [3.8, 4) is 5.75 Å². The van der Waals surface area contributed by atoms with E-state index in [0.29, 0.717) is 16.7 Å². The molecule has 0 saturated heterocycles. The molecule has 0 fully saturated rings. The molecule has 1 heterocycles. The van der Waals surface area contributed by atoms with Crippen LogP contribution in [-0.2, 0) is 4.79 Å². The van der Waals surface area contributed by atoms with E-state index < -0.39 is 5.97 Å². The lowest BCUT2D eigenvalue weighted by molar-refractivity contribution is -0.131. The van der Waals surface area contributed by atoms with Gasteiger partial charge in [0.15, 0.2) is 5.75 Å². The molecule has 2 aromatic rings. The number of aromatic nitrogens is 2. The van der Waals surface area contributed by atoms with Gasteiger partial charge in [0.05, 0.1) is 11.7 Å². The van der Waals surface area contributed by atoms with Gasteiger partial charge in [-0.1, -0.05) is 0 Å². The molecule has 16 heavy (non-hydrogen) atoms. The summed E-state index contributed by atoms with van der Waals surface area (Å²) in [7, 11) is 0. The van der Waals surface area contributed by atoms with Crippen LogP contribution in [0.5, 0.6) is 5.75 Å². The Labute approximate surface area is 104 Å². The maximum absolute atomic E-state index is 11.5. The largest absolute Gasteiger partial charge is 0.424 e. The second kappa shape index (κ2) is 4.20. The number of hydrogen-bond donors (Lipinski definition) is 1. The van der Waals surface area contributed by atoms with Crippen LogP contribution in [0.4, 0.5) is 0 Å². The van der Waals surface area contributed by atoms with Crippen LogP contribution in [0, 0.1) is 3.57 Å². The van der Waals surface area contributed by atoms with Crippen LogP contribution in [0.25, 0.3) is 10.9 Å². The van der Waals surface area contributed by atoms with Gasteiger partial charge in [-0.05, 0) is 34.7 Å². The number of hydrogen-bond acceptors (Lipinski definition) is 4. The molecule has 0 saturated carbocycles. The summed E-state index contributed by atoms with van der Waals surface area (Å²) in [6.45, 7) is 1.30. The fraction of sp³-hybridized carbons (Fsp3) is 0.100. The normalized spacial score (nSPS) is 10.4. The summed E-state index contributed by atoms with van der Waals surface area (Å²) in [6.07, 6.45) is 1.28. The van der Waals surface area contributed by atoms with E-state index in [4.69, 9.17) is 4.74 Å². The first-order valence-electron chi connectivity index (χ1n) is 4.43. The lowest BCUT2D eigenvalue weighted by Gasteiger charge is -2.05. The number of nitrogens with zero attached hydrogens (tertiary/aromatic N) is 1. The number of ether oxygens (including phenoxy) is 1. The number of fused-ring (bicyclic) bond motifs is 1. The summed E-state index contributed by atoms with van der Waals surface area (Å²) in [4.78, 5) is 28.9. The van der Waals surface area contributed by atoms with Crippen LogP contribution in [0.3, 0.4) is 0 Å². The highest BCUT2D eigenvalue weighted by Crippen LogP contribution is 2.24. The van der Waals surface area contributed by atoms with Crippen molar-refractivity contribution in [1.82, 2.24) is 9.97 Å². The number of carbonyl (C=O) groups is 1. The van der Waals surface area contributed by atoms with Crippen molar-refractivity contribution >= 4 is 39.5 Å². The van der Waals surface area contributed by atoms with Gasteiger partial charge in [-0.3, -0.25) is 9.59 Å². The van der Waals surface area contributed by atoms with Crippen molar-refractivity contribution in [3.05, 3.63) is 32.4 Å². The summed E-state index contributed by atoms with van der Waals surface area (Å²) in [6, 6.07) is 3.35. The Morgan fingerprint density at radius 1 is 1.50 bits per heavy atom. The summed E-state index contributed by atoms with van der Waals surface area (Å²) >= 11 is 2.05. The molecule has 0 atom stereocenters. The Morgan fingerprint density at radius 2 is 2.25 bits per heavy atom. The molecule has 6 heteroatoms. The molecule has 1 aromatic heterocycles. The average molecular weight is 330 g/mol. The molecule has 0 radical (unpaired) electrons. The quantitative estimate of drug-likeness (QED) is 0.488. The number of aromatic amines is 1. The molecular weight excluding hydrogens is 323 g/mol. The fourth-order valence-electron chi connectivity index (χ4n) is 1.35. The summed E-state index contributed by atoms with van der Waals surface area (Å²) in [5.74, 6) is -0.133. The van der Waals surface area contributed by atoms with Gasteiger partial charge in [0, 0.05) is 10.5 Å². The molecule has 0 unspecified atom stereocenters. The van der Waals surface area contributed by atoms with E-state index in [2.05, 4.69) is 9.97 Å². The number of nitrogens with one attached hydrogen (secondary N) is 1. The minimum absolute atomic E-state index is 0.253. The molecule has 0 aliphatic heterocycles. The first-order valence-corrected chi connectivity index (χ1v) is 5.51. The molecule has 1 aromatic carbocycles. The molecule has 0 bridgehead atoms. The van der Waals surface area contributed by atoms with Crippen LogP contribution >= 0.6 is 22.6 Å². The topological polar surface area (TPSA) is 72.1 Å². The molecule has 0 spiro atoms. The smallest absolute Gasteiger partial charge is 0.308 e. The Hall–Kier alpha value is -1.44. The number of esters is 1. The van der Waals surface area contributed by atoms with Gasteiger partial charge in [0.1, 0.15) is 5.52 Å². The van der Waals surface area contributed by atoms with Gasteiger partial charge >= 0.3 is 5.97 Å². The molecule has 0 aliphatic carbocycles. The van der Waals surface area contributed by atoms with Gasteiger partial charge in [0.25, 0.3) is 5.56 Å². The van der Waals surface area contributed by atoms with E-state index >= 15 is 0 Å². The fourth-order valence-corrected chi connectivity index (χ4v) is 1.94. The predicted octanol–water partition coefficient (Wildman–Crippen LogP) is 1.45. The standard InChI is InChI=1S/C10H7IN2O3/c1-5(14)16-8-3-6(11)2-7-9(8)12-4-13-10(7)15/h2-4H,1H3,(H,12,13,15). The van der Waals surface area contributed by atoms with Gasteiger partial charge < -0.3 is 9.72 Å². The van der Waals surface area contributed by atoms with Gasteiger partial charge in [0.2, 0.25) is 0 Å². The van der Waals surface area contributed by atoms with Crippen molar-refractivity contribution in [2.45, 2.75) is 6.92 Å². The Balaban J connectivity index is 2.78. The number of benzene rings is 1. The molecule has 0 aliphatic rings. The number of H-pyrrole nitrogens is 1. The van der Waals surface area contributed by atoms with E-state index in [9.17, 15) is 9.59 Å². The van der Waals surface area contributed by atoms with Crippen LogP contribution < -0.4 is 10.3 Å². The monoisotopic (exact) mass is 330 g/mol. The Kier molecular flexibility index (Phi) is 2.90. The maximum Gasteiger partial charge on any atom is 0.308 e. The Morgan fingerprint density at radius 3 is 2.94 bits per heavy atom. The van der Waals surface area contributed by atoms with E-state index in [1.165, 1.54) is 13.3 Å². The SMILES string of the molecule is CC(=O)Oc1cc(I)cc2c(=O)[nH]cnc12. The number of carbonyl (C=O) groups excluding carboxylic acids is 1. The molecular formula is C10H7IN2O3. The van der Waals surface area contributed by atoms with E-state index in [-0.39, 0.29) is 5.56 Å². The molecule has 2 rings (SSSR count). The van der Waals surface area contributed by atoms with Crippen molar-refractivity contribution in [2.75, 3.05) is 0 Å². The lowest BCUT2D eigenvalue weighted by atomic mass is 10.2. The highest BCUT2D eigenvalue weighted by molar-refractivity contribution is 14.1. The van der Waals surface area contributed by atoms with Crippen molar-refractivity contribution in [1.29, 1.82) is 0 Å². The Bertz CT molecular complexity index is 621. The predicted molar refractivity (Wildman–Crippen MR) is 66.4 cm³/mol. The van der Waals surface area contributed by atoms with Gasteiger partial charge in [-0.2, -0.15) is 0 Å². The van der Waals surface area contributed by atoms with Crippen LogP contribution in [0.1, 0.15) is 6.92 Å². The number of halogens is 1. The van der Waals surface area contributed by atoms with Crippen molar-refractivity contribution in [3.63, 3.8) is 0 Å². The zero-order valence-corrected chi connectivity index (χ0v) is 10.4. The second-order valence-electron chi connectivity index (χ2n) is 3.13. The maximum atomic E-state index is 11.5. The van der Waals surface area contributed by atoms with Crippen LogP contribution in [0.15, 0.2) is 23.3 Å². The lowest BCUT2D eigenvalue weighted by Crippen LogP contribution is -2.09. The van der Waals surface area contributed by atoms with E-state index in [0.717, 1.165) is 3.57 Å². The van der Waals surface area contributed by atoms with Crippen LogP contribution in [-0.4, -0.2) is 15.9 Å².